The number of imidazole rings is 1. The first-order valence-corrected chi connectivity index (χ1v) is 7.90. The summed E-state index contributed by atoms with van der Waals surface area (Å²) in [6.07, 6.45) is 2.73. The van der Waals surface area contributed by atoms with Crippen molar-refractivity contribution in [1.82, 2.24) is 24.0 Å². The van der Waals surface area contributed by atoms with E-state index in [2.05, 4.69) is 10.3 Å². The molecule has 0 aliphatic carbocycles. The quantitative estimate of drug-likeness (QED) is 0.866. The summed E-state index contributed by atoms with van der Waals surface area (Å²) in [5, 5.41) is 3.31. The number of piperidine rings is 1. The summed E-state index contributed by atoms with van der Waals surface area (Å²) in [4.78, 5) is 29.8. The summed E-state index contributed by atoms with van der Waals surface area (Å²) in [6.45, 7) is 4.39. The van der Waals surface area contributed by atoms with E-state index in [4.69, 9.17) is 0 Å². The largest absolute Gasteiger partial charge is 0.332 e. The van der Waals surface area contributed by atoms with Gasteiger partial charge in [0.15, 0.2) is 11.2 Å². The van der Waals surface area contributed by atoms with Gasteiger partial charge in [-0.05, 0) is 31.8 Å². The van der Waals surface area contributed by atoms with Crippen LogP contribution in [0.2, 0.25) is 0 Å². The zero-order valence-electron chi connectivity index (χ0n) is 13.4. The number of nitrogens with zero attached hydrogens (tertiary/aromatic N) is 4. The fourth-order valence-corrected chi connectivity index (χ4v) is 3.29. The van der Waals surface area contributed by atoms with Crippen molar-refractivity contribution < 1.29 is 0 Å². The van der Waals surface area contributed by atoms with Crippen LogP contribution in [0.5, 0.6) is 0 Å². The van der Waals surface area contributed by atoms with Crippen LogP contribution >= 0.6 is 0 Å². The van der Waals surface area contributed by atoms with Crippen LogP contribution < -0.4 is 16.6 Å². The number of rotatable bonds is 3. The summed E-state index contributed by atoms with van der Waals surface area (Å²) in [5.74, 6) is 1.20. The van der Waals surface area contributed by atoms with Gasteiger partial charge >= 0.3 is 5.69 Å². The highest BCUT2D eigenvalue weighted by molar-refractivity contribution is 5.70. The van der Waals surface area contributed by atoms with E-state index >= 15 is 0 Å². The molecule has 0 spiro atoms. The van der Waals surface area contributed by atoms with Gasteiger partial charge in [0.1, 0.15) is 5.82 Å². The Morgan fingerprint density at radius 2 is 1.86 bits per heavy atom. The van der Waals surface area contributed by atoms with E-state index < -0.39 is 0 Å². The second-order valence-electron chi connectivity index (χ2n) is 6.06. The Morgan fingerprint density at radius 1 is 1.18 bits per heavy atom. The summed E-state index contributed by atoms with van der Waals surface area (Å²) < 4.78 is 4.70. The summed E-state index contributed by atoms with van der Waals surface area (Å²) >= 11 is 0. The van der Waals surface area contributed by atoms with Gasteiger partial charge in [-0.2, -0.15) is 0 Å². The average Bonchev–Trinajstić information content (AvgIpc) is 2.87. The van der Waals surface area contributed by atoms with Crippen LogP contribution in [0.3, 0.4) is 0 Å². The van der Waals surface area contributed by atoms with Crippen molar-refractivity contribution in [3.63, 3.8) is 0 Å². The molecule has 0 saturated carbocycles. The van der Waals surface area contributed by atoms with Crippen LogP contribution in [0.25, 0.3) is 11.2 Å². The van der Waals surface area contributed by atoms with Gasteiger partial charge in [-0.25, -0.2) is 9.78 Å². The predicted octanol–water partition coefficient (Wildman–Crippen LogP) is -0.00430. The third kappa shape index (κ3) is 2.29. The van der Waals surface area contributed by atoms with Crippen LogP contribution in [0.4, 0.5) is 0 Å². The van der Waals surface area contributed by atoms with Gasteiger partial charge in [0.25, 0.3) is 5.56 Å². The first-order chi connectivity index (χ1) is 10.5. The maximum absolute atomic E-state index is 12.8. The summed E-state index contributed by atoms with van der Waals surface area (Å²) in [5.41, 5.74) is 0.520. The molecule has 3 heterocycles. The zero-order chi connectivity index (χ0) is 15.9. The smallest absolute Gasteiger partial charge is 0.325 e. The number of aryl methyl sites for hydroxylation is 3. The highest BCUT2D eigenvalue weighted by atomic mass is 16.2. The normalized spacial score (nSPS) is 16.5. The molecular formula is C15H23N5O2. The molecule has 1 fully saturated rings. The molecule has 0 bridgehead atoms. The zero-order valence-corrected chi connectivity index (χ0v) is 13.4. The number of fused-ring (bicyclic) bond motifs is 1. The minimum absolute atomic E-state index is 0.216. The molecule has 2 aromatic rings. The Balaban J connectivity index is 2.16. The molecule has 0 radical (unpaired) electrons. The van der Waals surface area contributed by atoms with Gasteiger partial charge in [-0.3, -0.25) is 13.9 Å². The van der Waals surface area contributed by atoms with E-state index in [9.17, 15) is 9.59 Å². The van der Waals surface area contributed by atoms with E-state index in [0.717, 1.165) is 38.2 Å². The highest BCUT2D eigenvalue weighted by Crippen LogP contribution is 2.14. The summed E-state index contributed by atoms with van der Waals surface area (Å²) in [7, 11) is 3.53. The second kappa shape index (κ2) is 5.72. The Bertz CT molecular complexity index is 808. The minimum atomic E-state index is -0.267. The summed E-state index contributed by atoms with van der Waals surface area (Å²) in [6, 6.07) is 0. The molecule has 1 aliphatic rings. The van der Waals surface area contributed by atoms with E-state index in [1.807, 2.05) is 18.5 Å². The monoisotopic (exact) mass is 305 g/mol. The standard InChI is InChI=1S/C15H23N5O2/c1-4-11-17-13-12(18(11)2)14(21)20(15(22)19(13)3)9-10-5-7-16-8-6-10/h10,16H,4-9H2,1-3H3. The molecule has 1 saturated heterocycles. The molecule has 0 amide bonds. The van der Waals surface area contributed by atoms with Crippen molar-refractivity contribution in [2.45, 2.75) is 32.7 Å². The Kier molecular flexibility index (Phi) is 3.90. The fraction of sp³-hybridized carbons (Fsp3) is 0.667. The van der Waals surface area contributed by atoms with Crippen molar-refractivity contribution in [3.05, 3.63) is 26.7 Å². The SMILES string of the molecule is CCc1nc2c(c(=O)n(CC3CCNCC3)c(=O)n2C)n1C. The van der Waals surface area contributed by atoms with Gasteiger partial charge in [0.05, 0.1) is 0 Å². The van der Waals surface area contributed by atoms with Crippen molar-refractivity contribution >= 4 is 11.2 Å². The van der Waals surface area contributed by atoms with Crippen molar-refractivity contribution in [1.29, 1.82) is 0 Å². The Labute approximate surface area is 128 Å². The maximum atomic E-state index is 12.8. The lowest BCUT2D eigenvalue weighted by molar-refractivity contribution is 0.323. The van der Waals surface area contributed by atoms with E-state index in [0.29, 0.717) is 23.6 Å². The van der Waals surface area contributed by atoms with Gasteiger partial charge in [0.2, 0.25) is 0 Å². The molecule has 0 unspecified atom stereocenters. The molecule has 22 heavy (non-hydrogen) atoms. The van der Waals surface area contributed by atoms with Crippen molar-refractivity contribution in [2.24, 2.45) is 20.0 Å². The van der Waals surface area contributed by atoms with E-state index in [1.165, 1.54) is 9.13 Å². The molecule has 0 atom stereocenters. The Morgan fingerprint density at radius 3 is 2.50 bits per heavy atom. The topological polar surface area (TPSA) is 73.8 Å². The van der Waals surface area contributed by atoms with Crippen molar-refractivity contribution in [3.8, 4) is 0 Å². The number of aromatic nitrogens is 4. The average molecular weight is 305 g/mol. The van der Waals surface area contributed by atoms with Gasteiger partial charge in [-0.15, -0.1) is 0 Å². The predicted molar refractivity (Wildman–Crippen MR) is 85.2 cm³/mol. The first-order valence-electron chi connectivity index (χ1n) is 7.90. The van der Waals surface area contributed by atoms with Crippen molar-refractivity contribution in [2.75, 3.05) is 13.1 Å². The molecule has 0 aromatic carbocycles. The van der Waals surface area contributed by atoms with Crippen LogP contribution in [-0.2, 0) is 27.1 Å². The van der Waals surface area contributed by atoms with Gasteiger partial charge in [-0.1, -0.05) is 6.92 Å². The molecule has 120 valence electrons. The number of nitrogens with one attached hydrogen (secondary N) is 1. The highest BCUT2D eigenvalue weighted by Gasteiger charge is 2.21. The number of hydrogen-bond acceptors (Lipinski definition) is 4. The molecule has 2 aromatic heterocycles. The van der Waals surface area contributed by atoms with Crippen LogP contribution in [0.15, 0.2) is 9.59 Å². The third-order valence-corrected chi connectivity index (χ3v) is 4.67. The van der Waals surface area contributed by atoms with E-state index in [-0.39, 0.29) is 11.2 Å². The van der Waals surface area contributed by atoms with Crippen LogP contribution in [0.1, 0.15) is 25.6 Å². The lowest BCUT2D eigenvalue weighted by atomic mass is 9.98. The van der Waals surface area contributed by atoms with Crippen LogP contribution in [0, 0.1) is 5.92 Å². The molecule has 1 N–H and O–H groups in total. The maximum Gasteiger partial charge on any atom is 0.332 e. The molecule has 3 rings (SSSR count). The lowest BCUT2D eigenvalue weighted by Gasteiger charge is -2.23. The minimum Gasteiger partial charge on any atom is -0.325 e. The second-order valence-corrected chi connectivity index (χ2v) is 6.06. The molecule has 7 nitrogen and oxygen atoms in total. The van der Waals surface area contributed by atoms with Crippen LogP contribution in [-0.4, -0.2) is 31.8 Å². The molecular weight excluding hydrogens is 282 g/mol. The fourth-order valence-electron chi connectivity index (χ4n) is 3.29. The first kappa shape index (κ1) is 15.0. The number of hydrogen-bond donors (Lipinski definition) is 1. The Hall–Kier alpha value is -1.89. The van der Waals surface area contributed by atoms with E-state index in [1.54, 1.807) is 7.05 Å². The van der Waals surface area contributed by atoms with Gasteiger partial charge < -0.3 is 9.88 Å². The molecule has 7 heteroatoms. The third-order valence-electron chi connectivity index (χ3n) is 4.67. The molecule has 1 aliphatic heterocycles. The van der Waals surface area contributed by atoms with Gasteiger partial charge in [0, 0.05) is 27.1 Å². The lowest BCUT2D eigenvalue weighted by Crippen LogP contribution is -2.42.